The lowest BCUT2D eigenvalue weighted by molar-refractivity contribution is -0.118. The molecule has 6 heteroatoms. The van der Waals surface area contributed by atoms with E-state index in [0.29, 0.717) is 23.4 Å². The smallest absolute Gasteiger partial charge is 0.232 e. The molecular formula is C21H25NO4S. The van der Waals surface area contributed by atoms with Gasteiger partial charge >= 0.3 is 0 Å². The Morgan fingerprint density at radius 3 is 2.52 bits per heavy atom. The number of hydrogen-bond acceptors (Lipinski definition) is 4. The van der Waals surface area contributed by atoms with E-state index in [9.17, 15) is 13.8 Å². The van der Waals surface area contributed by atoms with Crippen LogP contribution in [-0.2, 0) is 27.8 Å². The van der Waals surface area contributed by atoms with Gasteiger partial charge in [-0.3, -0.25) is 13.8 Å². The normalized spacial score (nSPS) is 11.6. The van der Waals surface area contributed by atoms with Crippen LogP contribution < -0.4 is 10.1 Å². The average Bonchev–Trinajstić information content (AvgIpc) is 2.66. The first-order valence-electron chi connectivity index (χ1n) is 8.83. The fraction of sp³-hybridized carbons (Fsp3) is 0.333. The minimum Gasteiger partial charge on any atom is -0.496 e. The van der Waals surface area contributed by atoms with Gasteiger partial charge < -0.3 is 10.1 Å². The standard InChI is InChI=1S/C21H25NO4S/c1-16(23)18-10-11-20(26-2)19(13-18)14-27(25)15-21(24)22-12-6-9-17-7-4-3-5-8-17/h3-5,7-8,10-11,13H,6,9,12,14-15H2,1-2H3,(H,22,24)/t27-/m1/s1. The molecule has 144 valence electrons. The van der Waals surface area contributed by atoms with Gasteiger partial charge in [-0.2, -0.15) is 0 Å². The molecule has 0 aliphatic heterocycles. The Labute approximate surface area is 162 Å². The summed E-state index contributed by atoms with van der Waals surface area (Å²) in [5, 5.41) is 2.81. The summed E-state index contributed by atoms with van der Waals surface area (Å²) in [7, 11) is 0.143. The zero-order chi connectivity index (χ0) is 19.6. The van der Waals surface area contributed by atoms with Gasteiger partial charge in [-0.15, -0.1) is 0 Å². The van der Waals surface area contributed by atoms with Gasteiger partial charge in [0, 0.05) is 28.5 Å². The van der Waals surface area contributed by atoms with Crippen LogP contribution in [0.2, 0.25) is 0 Å². The monoisotopic (exact) mass is 387 g/mol. The largest absolute Gasteiger partial charge is 0.496 e. The molecule has 0 unspecified atom stereocenters. The maximum absolute atomic E-state index is 12.3. The maximum Gasteiger partial charge on any atom is 0.232 e. The van der Waals surface area contributed by atoms with Crippen molar-refractivity contribution in [2.75, 3.05) is 19.4 Å². The number of aryl methyl sites for hydroxylation is 1. The molecule has 0 bridgehead atoms. The summed E-state index contributed by atoms with van der Waals surface area (Å²) in [6.07, 6.45) is 1.72. The number of hydrogen-bond donors (Lipinski definition) is 1. The van der Waals surface area contributed by atoms with Crippen LogP contribution in [0.4, 0.5) is 0 Å². The Morgan fingerprint density at radius 1 is 1.11 bits per heavy atom. The number of benzene rings is 2. The summed E-state index contributed by atoms with van der Waals surface area (Å²) in [5.74, 6) is 0.362. The van der Waals surface area contributed by atoms with Gasteiger partial charge in [0.1, 0.15) is 11.5 Å². The van der Waals surface area contributed by atoms with E-state index in [4.69, 9.17) is 4.74 Å². The van der Waals surface area contributed by atoms with E-state index in [-0.39, 0.29) is 23.2 Å². The molecule has 0 aromatic heterocycles. The first-order chi connectivity index (χ1) is 13.0. The van der Waals surface area contributed by atoms with Crippen molar-refractivity contribution in [3.8, 4) is 5.75 Å². The van der Waals surface area contributed by atoms with Crippen molar-refractivity contribution in [1.82, 2.24) is 5.32 Å². The lowest BCUT2D eigenvalue weighted by atomic mass is 10.1. The Kier molecular flexibility index (Phi) is 8.20. The van der Waals surface area contributed by atoms with Crippen molar-refractivity contribution in [2.45, 2.75) is 25.5 Å². The summed E-state index contributed by atoms with van der Waals surface area (Å²) < 4.78 is 17.6. The quantitative estimate of drug-likeness (QED) is 0.503. The average molecular weight is 388 g/mol. The van der Waals surface area contributed by atoms with E-state index in [2.05, 4.69) is 17.4 Å². The van der Waals surface area contributed by atoms with E-state index in [1.807, 2.05) is 18.2 Å². The summed E-state index contributed by atoms with van der Waals surface area (Å²) in [5.41, 5.74) is 2.43. The third-order valence-electron chi connectivity index (χ3n) is 4.10. The van der Waals surface area contributed by atoms with Crippen LogP contribution in [0.15, 0.2) is 48.5 Å². The molecule has 0 aliphatic rings. The van der Waals surface area contributed by atoms with Gasteiger partial charge in [-0.1, -0.05) is 30.3 Å². The SMILES string of the molecule is COc1ccc(C(C)=O)cc1C[S@@](=O)CC(=O)NCCCc1ccccc1. The molecule has 0 radical (unpaired) electrons. The predicted octanol–water partition coefficient (Wildman–Crippen LogP) is 2.90. The second-order valence-electron chi connectivity index (χ2n) is 6.25. The van der Waals surface area contributed by atoms with Crippen molar-refractivity contribution >= 4 is 22.5 Å². The van der Waals surface area contributed by atoms with E-state index in [0.717, 1.165) is 12.8 Å². The number of carbonyl (C=O) groups excluding carboxylic acids is 2. The van der Waals surface area contributed by atoms with Crippen LogP contribution in [-0.4, -0.2) is 35.3 Å². The van der Waals surface area contributed by atoms with Crippen LogP contribution in [0.25, 0.3) is 0 Å². The summed E-state index contributed by atoms with van der Waals surface area (Å²) in [6.45, 7) is 2.03. The highest BCUT2D eigenvalue weighted by Crippen LogP contribution is 2.22. The molecule has 2 aromatic rings. The van der Waals surface area contributed by atoms with Crippen LogP contribution in [0.1, 0.15) is 34.8 Å². The molecule has 0 saturated heterocycles. The van der Waals surface area contributed by atoms with Crippen molar-refractivity contribution in [3.63, 3.8) is 0 Å². The van der Waals surface area contributed by atoms with Crippen LogP contribution >= 0.6 is 0 Å². The van der Waals surface area contributed by atoms with Gasteiger partial charge in [-0.05, 0) is 43.5 Å². The Balaban J connectivity index is 1.80. The molecule has 1 atom stereocenters. The molecule has 1 N–H and O–H groups in total. The van der Waals surface area contributed by atoms with Crippen molar-refractivity contribution in [2.24, 2.45) is 0 Å². The third kappa shape index (κ3) is 6.98. The highest BCUT2D eigenvalue weighted by atomic mass is 32.2. The molecule has 2 rings (SSSR count). The number of ketones is 1. The van der Waals surface area contributed by atoms with Gasteiger partial charge in [0.25, 0.3) is 0 Å². The first kappa shape index (κ1) is 20.8. The Morgan fingerprint density at radius 2 is 1.85 bits per heavy atom. The lowest BCUT2D eigenvalue weighted by Crippen LogP contribution is -2.29. The minimum absolute atomic E-state index is 0.0687. The zero-order valence-electron chi connectivity index (χ0n) is 15.7. The maximum atomic E-state index is 12.3. The molecule has 0 heterocycles. The van der Waals surface area contributed by atoms with E-state index in [1.165, 1.54) is 19.6 Å². The molecule has 27 heavy (non-hydrogen) atoms. The third-order valence-corrected chi connectivity index (χ3v) is 5.32. The van der Waals surface area contributed by atoms with Gasteiger partial charge in [0.2, 0.25) is 5.91 Å². The first-order valence-corrected chi connectivity index (χ1v) is 10.3. The van der Waals surface area contributed by atoms with Crippen LogP contribution in [0, 0.1) is 0 Å². The fourth-order valence-corrected chi connectivity index (χ4v) is 3.77. The van der Waals surface area contributed by atoms with Crippen molar-refractivity contribution < 1.29 is 18.5 Å². The van der Waals surface area contributed by atoms with Gasteiger partial charge in [0.15, 0.2) is 5.78 Å². The number of ether oxygens (including phenoxy) is 1. The van der Waals surface area contributed by atoms with Crippen molar-refractivity contribution in [3.05, 3.63) is 65.2 Å². The molecule has 5 nitrogen and oxygen atoms in total. The number of methoxy groups -OCH3 is 1. The second-order valence-corrected chi connectivity index (χ2v) is 7.71. The molecule has 0 aliphatic carbocycles. The zero-order valence-corrected chi connectivity index (χ0v) is 16.5. The summed E-state index contributed by atoms with van der Waals surface area (Å²) in [4.78, 5) is 23.5. The number of rotatable bonds is 10. The molecule has 1 amide bonds. The Hall–Kier alpha value is -2.47. The highest BCUT2D eigenvalue weighted by Gasteiger charge is 2.13. The van der Waals surface area contributed by atoms with E-state index >= 15 is 0 Å². The lowest BCUT2D eigenvalue weighted by Gasteiger charge is -2.10. The predicted molar refractivity (Wildman–Crippen MR) is 107 cm³/mol. The van der Waals surface area contributed by atoms with Gasteiger partial charge in [0.05, 0.1) is 12.9 Å². The number of amides is 1. The number of nitrogens with one attached hydrogen (secondary N) is 1. The molecule has 0 fully saturated rings. The molecular weight excluding hydrogens is 362 g/mol. The summed E-state index contributed by atoms with van der Waals surface area (Å²) >= 11 is 0. The number of Topliss-reactive ketones (excluding diaryl/α,β-unsaturated/α-hetero) is 1. The second kappa shape index (κ2) is 10.6. The highest BCUT2D eigenvalue weighted by molar-refractivity contribution is 7.84. The molecule has 0 saturated carbocycles. The summed E-state index contributed by atoms with van der Waals surface area (Å²) in [6, 6.07) is 15.1. The topological polar surface area (TPSA) is 72.5 Å². The number of carbonyl (C=O) groups is 2. The fourth-order valence-electron chi connectivity index (χ4n) is 2.70. The van der Waals surface area contributed by atoms with Crippen LogP contribution in [0.5, 0.6) is 5.75 Å². The minimum atomic E-state index is -1.38. The molecule has 0 spiro atoms. The molecule has 2 aromatic carbocycles. The Bertz CT molecular complexity index is 805. The van der Waals surface area contributed by atoms with Crippen LogP contribution in [0.3, 0.4) is 0 Å². The van der Waals surface area contributed by atoms with E-state index in [1.54, 1.807) is 18.2 Å². The van der Waals surface area contributed by atoms with Crippen molar-refractivity contribution in [1.29, 1.82) is 0 Å². The van der Waals surface area contributed by atoms with E-state index < -0.39 is 10.8 Å². The van der Waals surface area contributed by atoms with Gasteiger partial charge in [-0.25, -0.2) is 0 Å².